The monoisotopic (exact) mass is 320 g/mol. The summed E-state index contributed by atoms with van der Waals surface area (Å²) >= 11 is 1.47. The van der Waals surface area contributed by atoms with Gasteiger partial charge in [0.25, 0.3) is 0 Å². The molecule has 2 rings (SSSR count). The molecule has 21 heavy (non-hydrogen) atoms. The predicted molar refractivity (Wildman–Crippen MR) is 85.5 cm³/mol. The number of sulfonamides is 1. The Morgan fingerprint density at radius 2 is 2.10 bits per heavy atom. The van der Waals surface area contributed by atoms with Crippen molar-refractivity contribution < 1.29 is 8.42 Å². The van der Waals surface area contributed by atoms with Crippen LogP contribution in [0.1, 0.15) is 16.0 Å². The molecule has 0 radical (unpaired) electrons. The number of thiophene rings is 1. The highest BCUT2D eigenvalue weighted by Gasteiger charge is 2.15. The molecule has 1 aromatic heterocycles. The van der Waals surface area contributed by atoms with E-state index in [-0.39, 0.29) is 6.54 Å². The molecule has 110 valence electrons. The second-order valence-electron chi connectivity index (χ2n) is 4.40. The summed E-state index contributed by atoms with van der Waals surface area (Å²) in [7, 11) is -3.50. The summed E-state index contributed by atoms with van der Waals surface area (Å²) in [5.41, 5.74) is 6.90. The van der Waals surface area contributed by atoms with Gasteiger partial charge < -0.3 is 5.73 Å². The smallest absolute Gasteiger partial charge is 0.241 e. The number of rotatable bonds is 4. The molecule has 0 spiro atoms. The minimum atomic E-state index is -3.50. The fourth-order valence-corrected chi connectivity index (χ4v) is 3.89. The van der Waals surface area contributed by atoms with Crippen LogP contribution in [0, 0.1) is 18.8 Å². The first-order valence-corrected chi connectivity index (χ1v) is 8.71. The lowest BCUT2D eigenvalue weighted by Crippen LogP contribution is -2.23. The Bertz CT molecular complexity index is 783. The minimum Gasteiger partial charge on any atom is -0.320 e. The zero-order valence-corrected chi connectivity index (χ0v) is 13.2. The molecule has 0 saturated carbocycles. The Hall–Kier alpha value is -1.65. The predicted octanol–water partition coefficient (Wildman–Crippen LogP) is 1.85. The number of aryl methyl sites for hydroxylation is 1. The van der Waals surface area contributed by atoms with E-state index >= 15 is 0 Å². The van der Waals surface area contributed by atoms with Crippen LogP contribution in [0.25, 0.3) is 0 Å². The van der Waals surface area contributed by atoms with Crippen LogP contribution in [0.4, 0.5) is 0 Å². The third-order valence-corrected chi connectivity index (χ3v) is 5.31. The summed E-state index contributed by atoms with van der Waals surface area (Å²) in [4.78, 5) is 1.22. The van der Waals surface area contributed by atoms with Gasteiger partial charge in [-0.05, 0) is 24.6 Å². The van der Waals surface area contributed by atoms with Crippen molar-refractivity contribution in [3.8, 4) is 11.8 Å². The van der Waals surface area contributed by atoms with Gasteiger partial charge in [-0.15, -0.1) is 11.3 Å². The first kappa shape index (κ1) is 15.7. The molecule has 1 heterocycles. The van der Waals surface area contributed by atoms with Gasteiger partial charge in [0.05, 0.1) is 11.4 Å². The van der Waals surface area contributed by atoms with E-state index in [1.807, 2.05) is 17.5 Å². The van der Waals surface area contributed by atoms with Crippen molar-refractivity contribution in [3.05, 3.63) is 51.7 Å². The lowest BCUT2D eigenvalue weighted by atomic mass is 10.2. The quantitative estimate of drug-likeness (QED) is 0.845. The van der Waals surface area contributed by atoms with E-state index in [1.165, 1.54) is 11.3 Å². The molecule has 2 aromatic rings. The highest BCUT2D eigenvalue weighted by molar-refractivity contribution is 7.89. The van der Waals surface area contributed by atoms with Gasteiger partial charge in [-0.1, -0.05) is 30.0 Å². The maximum absolute atomic E-state index is 12.3. The van der Waals surface area contributed by atoms with Gasteiger partial charge in [0.2, 0.25) is 10.0 Å². The lowest BCUT2D eigenvalue weighted by molar-refractivity contribution is 0.581. The summed E-state index contributed by atoms with van der Waals surface area (Å²) < 4.78 is 27.1. The zero-order valence-electron chi connectivity index (χ0n) is 11.6. The average Bonchev–Trinajstić information content (AvgIpc) is 2.91. The molecule has 4 nitrogen and oxygen atoms in total. The first-order valence-electron chi connectivity index (χ1n) is 6.34. The molecule has 0 aliphatic rings. The second-order valence-corrected chi connectivity index (χ2v) is 7.13. The van der Waals surface area contributed by atoms with E-state index in [0.717, 1.165) is 16.0 Å². The van der Waals surface area contributed by atoms with Crippen LogP contribution in [-0.4, -0.2) is 15.0 Å². The molecule has 0 aliphatic heterocycles. The fraction of sp³-hybridized carbons (Fsp3) is 0.200. The molecule has 0 amide bonds. The third-order valence-electron chi connectivity index (χ3n) is 2.81. The Labute approximate surface area is 129 Å². The van der Waals surface area contributed by atoms with Crippen molar-refractivity contribution in [2.75, 3.05) is 6.54 Å². The molecule has 0 unspecified atom stereocenters. The van der Waals surface area contributed by atoms with Crippen molar-refractivity contribution in [2.24, 2.45) is 5.73 Å². The van der Waals surface area contributed by atoms with E-state index in [9.17, 15) is 8.42 Å². The van der Waals surface area contributed by atoms with Crippen LogP contribution in [0.15, 0.2) is 40.6 Å². The Morgan fingerprint density at radius 3 is 2.81 bits per heavy atom. The van der Waals surface area contributed by atoms with E-state index in [2.05, 4.69) is 16.6 Å². The van der Waals surface area contributed by atoms with Crippen molar-refractivity contribution in [1.82, 2.24) is 4.72 Å². The number of nitrogens with one attached hydrogen (secondary N) is 1. The first-order chi connectivity index (χ1) is 10.0. The van der Waals surface area contributed by atoms with Crippen LogP contribution in [0.5, 0.6) is 0 Å². The van der Waals surface area contributed by atoms with E-state index in [4.69, 9.17) is 5.73 Å². The molecule has 3 N–H and O–H groups in total. The Morgan fingerprint density at radius 1 is 1.33 bits per heavy atom. The van der Waals surface area contributed by atoms with Crippen molar-refractivity contribution in [3.63, 3.8) is 0 Å². The molecular formula is C15H16N2O2S2. The molecular weight excluding hydrogens is 304 g/mol. The van der Waals surface area contributed by atoms with E-state index in [0.29, 0.717) is 11.4 Å². The van der Waals surface area contributed by atoms with Crippen molar-refractivity contribution in [2.45, 2.75) is 18.4 Å². The molecule has 0 aliphatic carbocycles. The van der Waals surface area contributed by atoms with Crippen molar-refractivity contribution in [1.29, 1.82) is 0 Å². The number of benzene rings is 1. The molecule has 6 heteroatoms. The highest BCUT2D eigenvalue weighted by Crippen LogP contribution is 2.17. The Balaban J connectivity index is 2.09. The van der Waals surface area contributed by atoms with Crippen LogP contribution >= 0.6 is 11.3 Å². The van der Waals surface area contributed by atoms with E-state index in [1.54, 1.807) is 25.1 Å². The molecule has 0 bridgehead atoms. The van der Waals surface area contributed by atoms with Crippen molar-refractivity contribution >= 4 is 21.4 Å². The summed E-state index contributed by atoms with van der Waals surface area (Å²) in [6.07, 6.45) is 0. The summed E-state index contributed by atoms with van der Waals surface area (Å²) in [5, 5.41) is 1.89. The number of hydrogen-bond acceptors (Lipinski definition) is 4. The highest BCUT2D eigenvalue weighted by atomic mass is 32.2. The molecule has 0 atom stereocenters. The van der Waals surface area contributed by atoms with E-state index < -0.39 is 10.0 Å². The van der Waals surface area contributed by atoms with Gasteiger partial charge in [-0.3, -0.25) is 0 Å². The largest absolute Gasteiger partial charge is 0.320 e. The van der Waals surface area contributed by atoms with Gasteiger partial charge in [0.1, 0.15) is 0 Å². The van der Waals surface area contributed by atoms with Gasteiger partial charge in [0, 0.05) is 22.4 Å². The maximum Gasteiger partial charge on any atom is 0.241 e. The third kappa shape index (κ3) is 4.16. The van der Waals surface area contributed by atoms with Crippen LogP contribution in [0.2, 0.25) is 0 Å². The standard InChI is InChI=1S/C15H16N2O2S2/c1-12-5-2-3-7-15(12)21(18,19)17-10-14-9-13(11-20-14)6-4-8-16/h2-3,5,7,9,11,17H,8,10,16H2,1H3. The average molecular weight is 320 g/mol. The van der Waals surface area contributed by atoms with Gasteiger partial charge >= 0.3 is 0 Å². The number of hydrogen-bond donors (Lipinski definition) is 2. The summed E-state index contributed by atoms with van der Waals surface area (Å²) in [6.45, 7) is 2.34. The molecule has 1 aromatic carbocycles. The zero-order chi connectivity index (χ0) is 15.3. The van der Waals surface area contributed by atoms with Gasteiger partial charge in [-0.25, -0.2) is 13.1 Å². The Kier molecular flexibility index (Phi) is 5.15. The summed E-state index contributed by atoms with van der Waals surface area (Å²) in [6, 6.07) is 8.78. The van der Waals surface area contributed by atoms with Gasteiger partial charge in [0.15, 0.2) is 0 Å². The fourth-order valence-electron chi connectivity index (χ4n) is 1.79. The van der Waals surface area contributed by atoms with Gasteiger partial charge in [-0.2, -0.15) is 0 Å². The second kappa shape index (κ2) is 6.87. The maximum atomic E-state index is 12.3. The lowest BCUT2D eigenvalue weighted by Gasteiger charge is -2.08. The van der Waals surface area contributed by atoms with Crippen LogP contribution < -0.4 is 10.5 Å². The SMILES string of the molecule is Cc1ccccc1S(=O)(=O)NCc1cc(C#CCN)cs1. The minimum absolute atomic E-state index is 0.256. The van der Waals surface area contributed by atoms with Crippen LogP contribution in [-0.2, 0) is 16.6 Å². The molecule has 0 fully saturated rings. The van der Waals surface area contributed by atoms with Crippen LogP contribution in [0.3, 0.4) is 0 Å². The normalized spacial score (nSPS) is 11.0. The number of nitrogens with two attached hydrogens (primary N) is 1. The summed E-state index contributed by atoms with van der Waals surface area (Å²) in [5.74, 6) is 5.69. The molecule has 0 saturated heterocycles. The topological polar surface area (TPSA) is 72.2 Å².